The Morgan fingerprint density at radius 2 is 2.12 bits per heavy atom. The first-order valence-electron chi connectivity index (χ1n) is 5.88. The van der Waals surface area contributed by atoms with Gasteiger partial charge in [0.1, 0.15) is 0 Å². The van der Waals surface area contributed by atoms with Crippen LogP contribution in [0.1, 0.15) is 33.1 Å². The molecule has 0 aromatic rings. The highest BCUT2D eigenvalue weighted by Crippen LogP contribution is 2.15. The Labute approximate surface area is 117 Å². The van der Waals surface area contributed by atoms with Gasteiger partial charge in [-0.1, -0.05) is 6.42 Å². The monoisotopic (exact) mass is 285 g/mol. The molecule has 1 unspecified atom stereocenters. The van der Waals surface area contributed by atoms with Crippen molar-refractivity contribution in [1.82, 2.24) is 10.2 Å². The Morgan fingerprint density at radius 1 is 1.47 bits per heavy atom. The van der Waals surface area contributed by atoms with Gasteiger partial charge in [-0.2, -0.15) is 0 Å². The van der Waals surface area contributed by atoms with Gasteiger partial charge in [0.15, 0.2) is 0 Å². The van der Waals surface area contributed by atoms with E-state index in [-0.39, 0.29) is 30.7 Å². The Kier molecular flexibility index (Phi) is 11.3. The zero-order valence-electron chi connectivity index (χ0n) is 10.6. The Bertz CT molecular complexity index is 215. The standard InChI is InChI=1S/C11H23N3O.2ClH/c1-9-5-3-4-7-14(9)8-6-13-11(15)10(2)12;;/h9-10H,3-8,12H2,1-2H3,(H,13,15);2*1H/t9?,10-;;/m1../s1. The summed E-state index contributed by atoms with van der Waals surface area (Å²) in [6, 6.07) is 0.259. The predicted octanol–water partition coefficient (Wildman–Crippen LogP) is 1.17. The fourth-order valence-corrected chi connectivity index (χ4v) is 1.97. The average molecular weight is 286 g/mol. The van der Waals surface area contributed by atoms with Gasteiger partial charge in [-0.25, -0.2) is 0 Å². The van der Waals surface area contributed by atoms with Crippen molar-refractivity contribution in [2.75, 3.05) is 19.6 Å². The molecular formula is C11H25Cl2N3O. The summed E-state index contributed by atoms with van der Waals surface area (Å²) < 4.78 is 0. The largest absolute Gasteiger partial charge is 0.353 e. The Balaban J connectivity index is 0. The van der Waals surface area contributed by atoms with Crippen molar-refractivity contribution in [2.45, 2.75) is 45.2 Å². The number of nitrogens with two attached hydrogens (primary N) is 1. The van der Waals surface area contributed by atoms with E-state index >= 15 is 0 Å². The smallest absolute Gasteiger partial charge is 0.236 e. The first-order valence-corrected chi connectivity index (χ1v) is 5.88. The van der Waals surface area contributed by atoms with Crippen molar-refractivity contribution in [1.29, 1.82) is 0 Å². The first kappa shape index (κ1) is 19.3. The van der Waals surface area contributed by atoms with E-state index in [0.29, 0.717) is 12.6 Å². The molecule has 0 aromatic heterocycles. The summed E-state index contributed by atoms with van der Waals surface area (Å²) in [5.41, 5.74) is 5.46. The molecule has 17 heavy (non-hydrogen) atoms. The van der Waals surface area contributed by atoms with Gasteiger partial charge in [0.05, 0.1) is 6.04 Å². The van der Waals surface area contributed by atoms with Gasteiger partial charge in [-0.15, -0.1) is 24.8 Å². The first-order chi connectivity index (χ1) is 7.11. The minimum absolute atomic E-state index is 0. The summed E-state index contributed by atoms with van der Waals surface area (Å²) in [4.78, 5) is 13.6. The molecule has 1 rings (SSSR count). The fourth-order valence-electron chi connectivity index (χ4n) is 1.97. The number of carbonyl (C=O) groups excluding carboxylic acids is 1. The molecule has 1 fully saturated rings. The van der Waals surface area contributed by atoms with Crippen LogP contribution in [0.3, 0.4) is 0 Å². The van der Waals surface area contributed by atoms with Gasteiger partial charge in [0.25, 0.3) is 0 Å². The number of amides is 1. The van der Waals surface area contributed by atoms with Crippen LogP contribution in [0.15, 0.2) is 0 Å². The molecule has 0 saturated carbocycles. The molecule has 0 radical (unpaired) electrons. The van der Waals surface area contributed by atoms with E-state index < -0.39 is 6.04 Å². The van der Waals surface area contributed by atoms with E-state index in [2.05, 4.69) is 17.1 Å². The van der Waals surface area contributed by atoms with Crippen LogP contribution in [-0.2, 0) is 4.79 Å². The molecule has 2 atom stereocenters. The molecule has 4 nitrogen and oxygen atoms in total. The molecule has 1 saturated heterocycles. The van der Waals surface area contributed by atoms with E-state index in [1.54, 1.807) is 6.92 Å². The van der Waals surface area contributed by atoms with Crippen molar-refractivity contribution in [2.24, 2.45) is 5.73 Å². The van der Waals surface area contributed by atoms with Gasteiger partial charge in [0, 0.05) is 19.1 Å². The Morgan fingerprint density at radius 3 is 2.65 bits per heavy atom. The van der Waals surface area contributed by atoms with Crippen LogP contribution in [0.5, 0.6) is 0 Å². The highest BCUT2D eigenvalue weighted by Gasteiger charge is 2.17. The highest BCUT2D eigenvalue weighted by molar-refractivity contribution is 5.85. The average Bonchev–Trinajstić information content (AvgIpc) is 2.20. The number of piperidine rings is 1. The lowest BCUT2D eigenvalue weighted by atomic mass is 10.0. The maximum atomic E-state index is 11.2. The van der Waals surface area contributed by atoms with E-state index in [4.69, 9.17) is 5.73 Å². The minimum atomic E-state index is -0.399. The van der Waals surface area contributed by atoms with Gasteiger partial charge in [-0.3, -0.25) is 9.69 Å². The second kappa shape index (κ2) is 9.95. The topological polar surface area (TPSA) is 58.4 Å². The van der Waals surface area contributed by atoms with Crippen LogP contribution in [0.2, 0.25) is 0 Å². The summed E-state index contributed by atoms with van der Waals surface area (Å²) in [5, 5.41) is 2.84. The molecule has 0 aromatic carbocycles. The summed E-state index contributed by atoms with van der Waals surface area (Å²) in [7, 11) is 0. The lowest BCUT2D eigenvalue weighted by Gasteiger charge is -2.33. The van der Waals surface area contributed by atoms with Crippen LogP contribution < -0.4 is 11.1 Å². The lowest BCUT2D eigenvalue weighted by Crippen LogP contribution is -2.45. The Hall–Kier alpha value is -0.0300. The summed E-state index contributed by atoms with van der Waals surface area (Å²) >= 11 is 0. The molecule has 6 heteroatoms. The number of rotatable bonds is 4. The van der Waals surface area contributed by atoms with Gasteiger partial charge in [-0.05, 0) is 33.2 Å². The second-order valence-corrected chi connectivity index (χ2v) is 4.46. The van der Waals surface area contributed by atoms with E-state index in [9.17, 15) is 4.79 Å². The third-order valence-electron chi connectivity index (χ3n) is 3.05. The number of nitrogens with zero attached hydrogens (tertiary/aromatic N) is 1. The molecule has 0 bridgehead atoms. The van der Waals surface area contributed by atoms with E-state index in [1.807, 2.05) is 0 Å². The fraction of sp³-hybridized carbons (Fsp3) is 0.909. The number of halogens is 2. The molecule has 1 amide bonds. The molecule has 0 spiro atoms. The molecule has 1 aliphatic heterocycles. The van der Waals surface area contributed by atoms with E-state index in [1.165, 1.54) is 19.3 Å². The zero-order chi connectivity index (χ0) is 11.3. The van der Waals surface area contributed by atoms with Crippen molar-refractivity contribution in [3.05, 3.63) is 0 Å². The molecule has 104 valence electrons. The summed E-state index contributed by atoms with van der Waals surface area (Å²) in [6.07, 6.45) is 3.90. The molecular weight excluding hydrogens is 261 g/mol. The second-order valence-electron chi connectivity index (χ2n) is 4.46. The van der Waals surface area contributed by atoms with Crippen LogP contribution in [-0.4, -0.2) is 42.5 Å². The lowest BCUT2D eigenvalue weighted by molar-refractivity contribution is -0.122. The summed E-state index contributed by atoms with van der Waals surface area (Å²) in [5.74, 6) is -0.0559. The van der Waals surface area contributed by atoms with Crippen molar-refractivity contribution in [3.63, 3.8) is 0 Å². The number of likely N-dealkylation sites (tertiary alicyclic amines) is 1. The SMILES string of the molecule is CC1CCCCN1CCNC(=O)[C@@H](C)N.Cl.Cl. The molecule has 1 aliphatic rings. The molecule has 3 N–H and O–H groups in total. The number of carbonyl (C=O) groups is 1. The normalized spacial score (nSPS) is 21.9. The van der Waals surface area contributed by atoms with Crippen molar-refractivity contribution >= 4 is 30.7 Å². The van der Waals surface area contributed by atoms with Crippen LogP contribution in [0.4, 0.5) is 0 Å². The third kappa shape index (κ3) is 7.09. The van der Waals surface area contributed by atoms with Crippen molar-refractivity contribution in [3.8, 4) is 0 Å². The molecule has 1 heterocycles. The van der Waals surface area contributed by atoms with Crippen molar-refractivity contribution < 1.29 is 4.79 Å². The summed E-state index contributed by atoms with van der Waals surface area (Å²) in [6.45, 7) is 6.78. The van der Waals surface area contributed by atoms with Gasteiger partial charge in [0.2, 0.25) is 5.91 Å². The number of hydrogen-bond acceptors (Lipinski definition) is 3. The number of nitrogens with one attached hydrogen (secondary N) is 1. The predicted molar refractivity (Wildman–Crippen MR) is 76.0 cm³/mol. The quantitative estimate of drug-likeness (QED) is 0.815. The maximum absolute atomic E-state index is 11.2. The van der Waals surface area contributed by atoms with Crippen LogP contribution in [0, 0.1) is 0 Å². The van der Waals surface area contributed by atoms with E-state index in [0.717, 1.165) is 13.1 Å². The zero-order valence-corrected chi connectivity index (χ0v) is 12.3. The third-order valence-corrected chi connectivity index (χ3v) is 3.05. The van der Waals surface area contributed by atoms with Crippen LogP contribution in [0.25, 0.3) is 0 Å². The number of hydrogen-bond donors (Lipinski definition) is 2. The van der Waals surface area contributed by atoms with Crippen LogP contribution >= 0.6 is 24.8 Å². The van der Waals surface area contributed by atoms with Gasteiger partial charge >= 0.3 is 0 Å². The maximum Gasteiger partial charge on any atom is 0.236 e. The highest BCUT2D eigenvalue weighted by atomic mass is 35.5. The van der Waals surface area contributed by atoms with Gasteiger partial charge < -0.3 is 11.1 Å². The minimum Gasteiger partial charge on any atom is -0.353 e. The molecule has 0 aliphatic carbocycles.